The molecule has 1 aliphatic rings. The Morgan fingerprint density at radius 2 is 1.86 bits per heavy atom. The highest BCUT2D eigenvalue weighted by Crippen LogP contribution is 2.35. The van der Waals surface area contributed by atoms with E-state index < -0.39 is 11.0 Å². The molecule has 0 fully saturated rings. The highest BCUT2D eigenvalue weighted by atomic mass is 35.5. The van der Waals surface area contributed by atoms with Crippen LogP contribution in [0.1, 0.15) is 24.3 Å². The van der Waals surface area contributed by atoms with Gasteiger partial charge >= 0.3 is 0 Å². The van der Waals surface area contributed by atoms with Crippen LogP contribution in [-0.2, 0) is 4.79 Å². The summed E-state index contributed by atoms with van der Waals surface area (Å²) >= 11 is 7.34. The van der Waals surface area contributed by atoms with Gasteiger partial charge in [-0.15, -0.1) is 0 Å². The molecule has 0 saturated heterocycles. The number of anilines is 1. The van der Waals surface area contributed by atoms with Gasteiger partial charge in [0, 0.05) is 22.9 Å². The number of thiazole rings is 1. The number of carbonyl (C=O) groups excluding carboxylic acids is 1. The van der Waals surface area contributed by atoms with E-state index in [0.29, 0.717) is 54.0 Å². The van der Waals surface area contributed by atoms with E-state index in [2.05, 4.69) is 10.3 Å². The number of non-ortho nitro benzene ring substituents is 1. The first-order valence-corrected chi connectivity index (χ1v) is 14.5. The minimum Gasteiger partial charge on any atom is -0.496 e. The lowest BCUT2D eigenvalue weighted by Crippen LogP contribution is -2.40. The van der Waals surface area contributed by atoms with Crippen molar-refractivity contribution in [3.05, 3.63) is 142 Å². The summed E-state index contributed by atoms with van der Waals surface area (Å²) in [6.45, 7) is 1.75. The van der Waals surface area contributed by atoms with Gasteiger partial charge in [-0.1, -0.05) is 53.3 Å². The molecule has 1 amide bonds. The van der Waals surface area contributed by atoms with Crippen LogP contribution in [0, 0.1) is 10.1 Å². The van der Waals surface area contributed by atoms with Crippen molar-refractivity contribution in [2.24, 2.45) is 4.99 Å². The zero-order chi connectivity index (χ0) is 31.0. The zero-order valence-corrected chi connectivity index (χ0v) is 24.9. The lowest BCUT2D eigenvalue weighted by Gasteiger charge is -2.25. The second-order valence-electron chi connectivity index (χ2n) is 9.80. The number of rotatable bonds is 7. The topological polar surface area (TPSA) is 129 Å². The Labute approximate surface area is 259 Å². The van der Waals surface area contributed by atoms with Gasteiger partial charge in [0.25, 0.3) is 17.2 Å². The first-order valence-electron chi connectivity index (χ1n) is 13.3. The fraction of sp³-hybridized carbons (Fsp3) is 0.0938. The maximum absolute atomic E-state index is 14.0. The van der Waals surface area contributed by atoms with Crippen molar-refractivity contribution in [1.82, 2.24) is 4.57 Å². The van der Waals surface area contributed by atoms with Crippen LogP contribution in [0.2, 0.25) is 5.02 Å². The van der Waals surface area contributed by atoms with Gasteiger partial charge in [-0.25, -0.2) is 4.99 Å². The zero-order valence-electron chi connectivity index (χ0n) is 23.3. The predicted octanol–water partition coefficient (Wildman–Crippen LogP) is 5.70. The minimum atomic E-state index is -0.758. The number of nitrogens with one attached hydrogen (secondary N) is 1. The molecule has 12 heteroatoms. The smallest absolute Gasteiger partial charge is 0.273 e. The number of benzene rings is 3. The SMILES string of the molecule is COc1cc([N+](=O)[O-])ccc1-c1ccc(/C=c2\sc3n(c2=O)[C@H](c2ccc(Cl)cc2)C(C(=O)Nc2ccccc2)=C(C)N=3)o1. The van der Waals surface area contributed by atoms with Gasteiger partial charge < -0.3 is 14.5 Å². The van der Waals surface area contributed by atoms with Crippen molar-refractivity contribution in [1.29, 1.82) is 0 Å². The number of nitrogens with zero attached hydrogens (tertiary/aromatic N) is 3. The van der Waals surface area contributed by atoms with Gasteiger partial charge in [0.15, 0.2) is 4.80 Å². The third-order valence-corrected chi connectivity index (χ3v) is 8.28. The van der Waals surface area contributed by atoms with Crippen LogP contribution in [0.25, 0.3) is 17.4 Å². The molecule has 220 valence electrons. The van der Waals surface area contributed by atoms with Crippen molar-refractivity contribution in [2.75, 3.05) is 12.4 Å². The number of para-hydroxylation sites is 1. The molecule has 0 bridgehead atoms. The number of halogens is 1. The largest absolute Gasteiger partial charge is 0.496 e. The van der Waals surface area contributed by atoms with E-state index in [9.17, 15) is 19.7 Å². The number of methoxy groups -OCH3 is 1. The van der Waals surface area contributed by atoms with Gasteiger partial charge in [0.2, 0.25) is 0 Å². The number of hydrogen-bond donors (Lipinski definition) is 1. The van der Waals surface area contributed by atoms with Gasteiger partial charge in [0.05, 0.1) is 45.5 Å². The van der Waals surface area contributed by atoms with Crippen LogP contribution in [-0.4, -0.2) is 22.5 Å². The van der Waals surface area contributed by atoms with E-state index in [4.69, 9.17) is 20.8 Å². The quantitative estimate of drug-likeness (QED) is 0.182. The molecule has 0 aliphatic carbocycles. The van der Waals surface area contributed by atoms with Gasteiger partial charge in [-0.05, 0) is 55.0 Å². The van der Waals surface area contributed by atoms with Crippen LogP contribution >= 0.6 is 22.9 Å². The lowest BCUT2D eigenvalue weighted by molar-refractivity contribution is -0.384. The number of nitro groups is 1. The molecule has 0 spiro atoms. The van der Waals surface area contributed by atoms with Crippen LogP contribution in [0.5, 0.6) is 5.75 Å². The maximum atomic E-state index is 14.0. The highest BCUT2D eigenvalue weighted by Gasteiger charge is 2.32. The Hall–Kier alpha value is -5.26. The second kappa shape index (κ2) is 11.8. The molecule has 1 aliphatic heterocycles. The molecule has 44 heavy (non-hydrogen) atoms. The lowest BCUT2D eigenvalue weighted by atomic mass is 9.95. The summed E-state index contributed by atoms with van der Waals surface area (Å²) in [6, 6.07) is 22.9. The highest BCUT2D eigenvalue weighted by molar-refractivity contribution is 7.07. The summed E-state index contributed by atoms with van der Waals surface area (Å²) in [6.07, 6.45) is 1.60. The third kappa shape index (κ3) is 5.46. The number of amides is 1. The summed E-state index contributed by atoms with van der Waals surface area (Å²) in [5, 5.41) is 14.6. The summed E-state index contributed by atoms with van der Waals surface area (Å²) in [5.41, 5.74) is 2.19. The summed E-state index contributed by atoms with van der Waals surface area (Å²) in [7, 11) is 1.42. The summed E-state index contributed by atoms with van der Waals surface area (Å²) in [4.78, 5) is 43.4. The Morgan fingerprint density at radius 1 is 1.11 bits per heavy atom. The number of hydrogen-bond acceptors (Lipinski definition) is 8. The number of aromatic nitrogens is 1. The van der Waals surface area contributed by atoms with E-state index in [0.717, 1.165) is 0 Å². The van der Waals surface area contributed by atoms with E-state index in [1.54, 1.807) is 67.6 Å². The minimum absolute atomic E-state index is 0.110. The molecule has 6 rings (SSSR count). The van der Waals surface area contributed by atoms with E-state index in [-0.39, 0.29) is 22.9 Å². The third-order valence-electron chi connectivity index (χ3n) is 7.05. The van der Waals surface area contributed by atoms with Crippen molar-refractivity contribution >= 4 is 46.3 Å². The Balaban J connectivity index is 1.43. The number of fused-ring (bicyclic) bond motifs is 1. The normalized spacial score (nSPS) is 14.6. The fourth-order valence-corrected chi connectivity index (χ4v) is 6.15. The average molecular weight is 627 g/mol. The molecule has 3 heterocycles. The van der Waals surface area contributed by atoms with Crippen LogP contribution in [0.15, 0.2) is 110 Å². The first-order chi connectivity index (χ1) is 21.2. The second-order valence-corrected chi connectivity index (χ2v) is 11.2. The predicted molar refractivity (Wildman–Crippen MR) is 168 cm³/mol. The van der Waals surface area contributed by atoms with Crippen LogP contribution < -0.4 is 24.9 Å². The standard InChI is InChI=1S/C32H23ClN4O6S/c1-18-28(30(38)35-21-6-4-3-5-7-21)29(19-8-10-20(33)11-9-19)36-31(39)27(44-32(36)34-18)17-23-13-15-25(43-23)24-14-12-22(37(40)41)16-26(24)42-2/h3-17,29H,1-2H3,(H,35,38)/b27-17-/t29-/m1/s1. The van der Waals surface area contributed by atoms with Gasteiger partial charge in [-0.2, -0.15) is 0 Å². The van der Waals surface area contributed by atoms with Crippen molar-refractivity contribution in [2.45, 2.75) is 13.0 Å². The molecule has 10 nitrogen and oxygen atoms in total. The number of ether oxygens (including phenoxy) is 1. The number of furan rings is 1. The van der Waals surface area contributed by atoms with Crippen LogP contribution in [0.4, 0.5) is 11.4 Å². The molecule has 3 aromatic carbocycles. The molecule has 0 unspecified atom stereocenters. The van der Waals surface area contributed by atoms with E-state index in [1.807, 2.05) is 18.2 Å². The fourth-order valence-electron chi connectivity index (χ4n) is 4.99. The van der Waals surface area contributed by atoms with E-state index >= 15 is 0 Å². The maximum Gasteiger partial charge on any atom is 0.273 e. The Kier molecular flexibility index (Phi) is 7.73. The van der Waals surface area contributed by atoms with Crippen molar-refractivity contribution in [3.8, 4) is 17.1 Å². The molecule has 1 N–H and O–H groups in total. The summed E-state index contributed by atoms with van der Waals surface area (Å²) < 4.78 is 13.2. The first kappa shape index (κ1) is 28.8. The average Bonchev–Trinajstić information content (AvgIpc) is 3.60. The molecule has 0 saturated carbocycles. The van der Waals surface area contributed by atoms with Crippen LogP contribution in [0.3, 0.4) is 0 Å². The number of carbonyl (C=O) groups is 1. The molecule has 2 aromatic heterocycles. The van der Waals surface area contributed by atoms with Crippen molar-refractivity contribution < 1.29 is 18.9 Å². The molecule has 1 atom stereocenters. The monoisotopic (exact) mass is 626 g/mol. The van der Waals surface area contributed by atoms with Gasteiger partial charge in [-0.3, -0.25) is 24.3 Å². The molecule has 5 aromatic rings. The van der Waals surface area contributed by atoms with Gasteiger partial charge in [0.1, 0.15) is 17.3 Å². The van der Waals surface area contributed by atoms with E-state index in [1.165, 1.54) is 35.1 Å². The van der Waals surface area contributed by atoms with Crippen molar-refractivity contribution in [3.63, 3.8) is 0 Å². The molecular formula is C32H23ClN4O6S. The summed E-state index contributed by atoms with van der Waals surface area (Å²) in [5.74, 6) is 0.690. The Bertz CT molecular complexity index is 2130. The number of nitro benzene ring substituents is 1. The molecule has 0 radical (unpaired) electrons. The Morgan fingerprint density at radius 3 is 2.57 bits per heavy atom. The number of allylic oxidation sites excluding steroid dienone is 1. The molecular weight excluding hydrogens is 604 g/mol.